The summed E-state index contributed by atoms with van der Waals surface area (Å²) in [5.41, 5.74) is 3.61. The molecular formula is C18H15BrN2O2. The SMILES string of the molecule is O=C(c1ccco1)N1CC=C(c2c[nH]c3ccc(Br)cc23)CC1. The van der Waals surface area contributed by atoms with Gasteiger partial charge in [0, 0.05) is 40.2 Å². The van der Waals surface area contributed by atoms with Crippen LogP contribution in [0.2, 0.25) is 0 Å². The first kappa shape index (κ1) is 14.3. The quantitative estimate of drug-likeness (QED) is 0.724. The molecule has 0 radical (unpaired) electrons. The monoisotopic (exact) mass is 370 g/mol. The number of nitrogens with one attached hydrogen (secondary N) is 1. The van der Waals surface area contributed by atoms with E-state index in [2.05, 4.69) is 39.1 Å². The van der Waals surface area contributed by atoms with Crippen LogP contribution in [0, 0.1) is 0 Å². The Labute approximate surface area is 141 Å². The van der Waals surface area contributed by atoms with Gasteiger partial charge >= 0.3 is 0 Å². The van der Waals surface area contributed by atoms with Crippen LogP contribution >= 0.6 is 15.9 Å². The number of rotatable bonds is 2. The van der Waals surface area contributed by atoms with E-state index < -0.39 is 0 Å². The van der Waals surface area contributed by atoms with Crippen molar-refractivity contribution in [2.75, 3.05) is 13.1 Å². The minimum Gasteiger partial charge on any atom is -0.459 e. The standard InChI is InChI=1S/C18H15BrN2O2/c19-13-3-4-16-14(10-13)15(11-20-16)12-5-7-21(8-6-12)18(22)17-2-1-9-23-17/h1-5,9-11,20H,6-8H2. The van der Waals surface area contributed by atoms with Crippen molar-refractivity contribution in [2.45, 2.75) is 6.42 Å². The zero-order valence-corrected chi connectivity index (χ0v) is 14.0. The number of benzene rings is 1. The predicted molar refractivity (Wildman–Crippen MR) is 93.2 cm³/mol. The molecule has 3 heterocycles. The zero-order chi connectivity index (χ0) is 15.8. The predicted octanol–water partition coefficient (Wildman–Crippen LogP) is 4.45. The highest BCUT2D eigenvalue weighted by Crippen LogP contribution is 2.31. The molecule has 5 heteroatoms. The van der Waals surface area contributed by atoms with Crippen molar-refractivity contribution in [3.05, 3.63) is 64.7 Å². The summed E-state index contributed by atoms with van der Waals surface area (Å²) < 4.78 is 6.26. The highest BCUT2D eigenvalue weighted by Gasteiger charge is 2.22. The first-order valence-corrected chi connectivity index (χ1v) is 8.30. The third kappa shape index (κ3) is 2.61. The van der Waals surface area contributed by atoms with Gasteiger partial charge in [-0.05, 0) is 42.3 Å². The number of fused-ring (bicyclic) bond motifs is 1. The lowest BCUT2D eigenvalue weighted by molar-refractivity contribution is 0.0741. The molecule has 23 heavy (non-hydrogen) atoms. The summed E-state index contributed by atoms with van der Waals surface area (Å²) in [6.07, 6.45) is 6.55. The fraction of sp³-hybridized carbons (Fsp3) is 0.167. The number of carbonyl (C=O) groups is 1. The number of furan rings is 1. The van der Waals surface area contributed by atoms with E-state index in [1.165, 1.54) is 22.8 Å². The van der Waals surface area contributed by atoms with Crippen molar-refractivity contribution >= 4 is 38.3 Å². The van der Waals surface area contributed by atoms with Gasteiger partial charge in [0.2, 0.25) is 0 Å². The molecule has 1 aromatic carbocycles. The molecule has 4 nitrogen and oxygen atoms in total. The number of hydrogen-bond acceptors (Lipinski definition) is 2. The number of aromatic nitrogens is 1. The average molecular weight is 371 g/mol. The van der Waals surface area contributed by atoms with Crippen molar-refractivity contribution < 1.29 is 9.21 Å². The molecule has 0 aliphatic carbocycles. The summed E-state index contributed by atoms with van der Waals surface area (Å²) in [7, 11) is 0. The Morgan fingerprint density at radius 3 is 2.96 bits per heavy atom. The van der Waals surface area contributed by atoms with Gasteiger partial charge in [-0.15, -0.1) is 0 Å². The van der Waals surface area contributed by atoms with Gasteiger partial charge in [-0.25, -0.2) is 0 Å². The molecule has 1 amide bonds. The van der Waals surface area contributed by atoms with Gasteiger partial charge in [0.1, 0.15) is 0 Å². The van der Waals surface area contributed by atoms with Crippen LogP contribution in [-0.2, 0) is 0 Å². The van der Waals surface area contributed by atoms with Crippen LogP contribution in [0.3, 0.4) is 0 Å². The molecule has 0 atom stereocenters. The zero-order valence-electron chi connectivity index (χ0n) is 12.4. The summed E-state index contributed by atoms with van der Waals surface area (Å²) in [6.45, 7) is 1.31. The minimum atomic E-state index is -0.0491. The van der Waals surface area contributed by atoms with Crippen LogP contribution < -0.4 is 0 Å². The molecule has 0 bridgehead atoms. The lowest BCUT2D eigenvalue weighted by Crippen LogP contribution is -2.34. The van der Waals surface area contributed by atoms with E-state index in [1.54, 1.807) is 12.1 Å². The first-order chi connectivity index (χ1) is 11.2. The van der Waals surface area contributed by atoms with E-state index in [1.807, 2.05) is 17.2 Å². The average Bonchev–Trinajstić information content (AvgIpc) is 3.24. The smallest absolute Gasteiger partial charge is 0.289 e. The van der Waals surface area contributed by atoms with Crippen molar-refractivity contribution in [2.24, 2.45) is 0 Å². The molecular weight excluding hydrogens is 356 g/mol. The Morgan fingerprint density at radius 2 is 2.22 bits per heavy atom. The highest BCUT2D eigenvalue weighted by molar-refractivity contribution is 9.10. The van der Waals surface area contributed by atoms with Gasteiger partial charge in [-0.2, -0.15) is 0 Å². The Bertz CT molecular complexity index is 893. The normalized spacial score (nSPS) is 15.0. The van der Waals surface area contributed by atoms with Crippen LogP contribution in [0.5, 0.6) is 0 Å². The highest BCUT2D eigenvalue weighted by atomic mass is 79.9. The van der Waals surface area contributed by atoms with E-state index in [-0.39, 0.29) is 5.91 Å². The third-order valence-corrected chi connectivity index (χ3v) is 4.71. The van der Waals surface area contributed by atoms with Crippen LogP contribution in [-0.4, -0.2) is 28.9 Å². The number of H-pyrrole nitrogens is 1. The second kappa shape index (κ2) is 5.74. The lowest BCUT2D eigenvalue weighted by atomic mass is 9.99. The summed E-state index contributed by atoms with van der Waals surface area (Å²) in [5.74, 6) is 0.352. The topological polar surface area (TPSA) is 49.2 Å². The maximum Gasteiger partial charge on any atom is 0.289 e. The fourth-order valence-corrected chi connectivity index (χ4v) is 3.37. The molecule has 1 aliphatic heterocycles. The van der Waals surface area contributed by atoms with Gasteiger partial charge in [0.15, 0.2) is 5.76 Å². The van der Waals surface area contributed by atoms with Crippen molar-refractivity contribution in [1.29, 1.82) is 0 Å². The van der Waals surface area contributed by atoms with E-state index in [4.69, 9.17) is 4.42 Å². The van der Waals surface area contributed by atoms with Crippen molar-refractivity contribution in [3.63, 3.8) is 0 Å². The molecule has 1 aliphatic rings. The minimum absolute atomic E-state index is 0.0491. The van der Waals surface area contributed by atoms with Crippen LogP contribution in [0.4, 0.5) is 0 Å². The maximum atomic E-state index is 12.3. The van der Waals surface area contributed by atoms with E-state index in [0.717, 1.165) is 16.4 Å². The maximum absolute atomic E-state index is 12.3. The molecule has 0 saturated heterocycles. The number of aromatic amines is 1. The Hall–Kier alpha value is -2.27. The second-order valence-corrected chi connectivity index (χ2v) is 6.52. The van der Waals surface area contributed by atoms with Gasteiger partial charge in [-0.1, -0.05) is 22.0 Å². The first-order valence-electron chi connectivity index (χ1n) is 7.51. The fourth-order valence-electron chi connectivity index (χ4n) is 3.01. The van der Waals surface area contributed by atoms with Crippen LogP contribution in [0.15, 0.2) is 57.8 Å². The van der Waals surface area contributed by atoms with Crippen LogP contribution in [0.1, 0.15) is 22.5 Å². The van der Waals surface area contributed by atoms with Gasteiger partial charge in [0.05, 0.1) is 6.26 Å². The van der Waals surface area contributed by atoms with E-state index in [9.17, 15) is 4.79 Å². The Balaban J connectivity index is 1.59. The third-order valence-electron chi connectivity index (χ3n) is 4.22. The molecule has 3 aromatic rings. The molecule has 0 saturated carbocycles. The Morgan fingerprint density at radius 1 is 1.30 bits per heavy atom. The largest absolute Gasteiger partial charge is 0.459 e. The number of hydrogen-bond donors (Lipinski definition) is 1. The van der Waals surface area contributed by atoms with Crippen molar-refractivity contribution in [1.82, 2.24) is 9.88 Å². The second-order valence-electron chi connectivity index (χ2n) is 5.60. The van der Waals surface area contributed by atoms with E-state index >= 15 is 0 Å². The molecule has 116 valence electrons. The van der Waals surface area contributed by atoms with E-state index in [0.29, 0.717) is 18.8 Å². The molecule has 2 aromatic heterocycles. The number of carbonyl (C=O) groups excluding carboxylic acids is 1. The summed E-state index contributed by atoms with van der Waals surface area (Å²) in [5, 5.41) is 1.21. The molecule has 0 fully saturated rings. The van der Waals surface area contributed by atoms with Gasteiger partial charge in [0.25, 0.3) is 5.91 Å². The number of nitrogens with zero attached hydrogens (tertiary/aromatic N) is 1. The van der Waals surface area contributed by atoms with Gasteiger partial charge in [-0.3, -0.25) is 4.79 Å². The summed E-state index contributed by atoms with van der Waals surface area (Å²) in [4.78, 5) is 17.4. The number of halogens is 1. The van der Waals surface area contributed by atoms with Gasteiger partial charge < -0.3 is 14.3 Å². The molecule has 0 unspecified atom stereocenters. The van der Waals surface area contributed by atoms with Crippen molar-refractivity contribution in [3.8, 4) is 0 Å². The summed E-state index contributed by atoms with van der Waals surface area (Å²) in [6, 6.07) is 9.67. The molecule has 1 N–H and O–H groups in total. The lowest BCUT2D eigenvalue weighted by Gasteiger charge is -2.25. The molecule has 4 rings (SSSR count). The van der Waals surface area contributed by atoms with Crippen LogP contribution in [0.25, 0.3) is 16.5 Å². The number of amides is 1. The molecule has 0 spiro atoms. The Kier molecular flexibility index (Phi) is 3.58. The summed E-state index contributed by atoms with van der Waals surface area (Å²) >= 11 is 3.53.